The maximum Gasteiger partial charge on any atom is 0.279 e. The molecule has 0 saturated carbocycles. The third-order valence-electron chi connectivity index (χ3n) is 5.90. The minimum Gasteiger partial charge on any atom is -0.327 e. The number of piperidine rings is 1. The third-order valence-corrected chi connectivity index (χ3v) is 6.62. The van der Waals surface area contributed by atoms with Crippen LogP contribution in [0.3, 0.4) is 0 Å². The highest BCUT2D eigenvalue weighted by Crippen LogP contribution is 2.25. The Labute approximate surface area is 164 Å². The molecule has 0 atom stereocenters. The molecule has 7 heteroatoms. The topological polar surface area (TPSA) is 64.2 Å². The van der Waals surface area contributed by atoms with E-state index < -0.39 is 0 Å². The molecule has 144 valence electrons. The molecule has 2 aromatic rings. The number of rotatable bonds is 5. The van der Waals surface area contributed by atoms with Crippen molar-refractivity contribution < 1.29 is 9.69 Å². The second kappa shape index (κ2) is 8.02. The summed E-state index contributed by atoms with van der Waals surface area (Å²) >= 11 is 1.63. The van der Waals surface area contributed by atoms with E-state index in [2.05, 4.69) is 32.2 Å². The summed E-state index contributed by atoms with van der Waals surface area (Å²) in [5.74, 6) is 1.65. The maximum absolute atomic E-state index is 12.5. The van der Waals surface area contributed by atoms with Gasteiger partial charge in [0.05, 0.1) is 13.1 Å². The first-order chi connectivity index (χ1) is 13.1. The molecule has 1 amide bonds. The second-order valence-corrected chi connectivity index (χ2v) is 8.46. The van der Waals surface area contributed by atoms with Crippen LogP contribution in [0.2, 0.25) is 0 Å². The minimum absolute atomic E-state index is 0.115. The normalized spacial score (nSPS) is 21.9. The first-order valence-corrected chi connectivity index (χ1v) is 11.0. The average Bonchev–Trinajstić information content (AvgIpc) is 3.28. The van der Waals surface area contributed by atoms with E-state index in [1.807, 2.05) is 19.4 Å². The van der Waals surface area contributed by atoms with Gasteiger partial charge >= 0.3 is 0 Å². The standard InChI is InChI=1S/C20H27N5OS/c1-24-19(22-23-20(24)27-2)15-8-10-25(11-9-15)13-18(26)21-17-7-6-14-4-3-5-16(14)12-17/h6-7,12,15H,3-5,8-11,13H2,1-2H3,(H,21,26)/p+1. The molecule has 4 rings (SSSR count). The van der Waals surface area contributed by atoms with Gasteiger partial charge < -0.3 is 14.8 Å². The fraction of sp³-hybridized carbons (Fsp3) is 0.550. The molecular formula is C20H28N5OS+. The second-order valence-electron chi connectivity index (χ2n) is 7.69. The SMILES string of the molecule is CSc1nnc(C2CC[NH+](CC(=O)Nc3ccc4c(c3)CCC4)CC2)n1C. The van der Waals surface area contributed by atoms with Gasteiger partial charge in [0.1, 0.15) is 5.82 Å². The summed E-state index contributed by atoms with van der Waals surface area (Å²) in [6.07, 6.45) is 7.68. The number of thioether (sulfide) groups is 1. The zero-order valence-electron chi connectivity index (χ0n) is 16.1. The van der Waals surface area contributed by atoms with Gasteiger partial charge in [0, 0.05) is 31.5 Å². The average molecular weight is 387 g/mol. The van der Waals surface area contributed by atoms with Crippen molar-refractivity contribution in [3.8, 4) is 0 Å². The van der Waals surface area contributed by atoms with E-state index in [1.165, 1.54) is 28.9 Å². The first-order valence-electron chi connectivity index (χ1n) is 9.82. The fourth-order valence-electron chi connectivity index (χ4n) is 4.40. The van der Waals surface area contributed by atoms with E-state index in [9.17, 15) is 4.79 Å². The molecule has 1 aromatic carbocycles. The largest absolute Gasteiger partial charge is 0.327 e. The molecule has 0 unspecified atom stereocenters. The number of nitrogens with zero attached hydrogens (tertiary/aromatic N) is 3. The smallest absolute Gasteiger partial charge is 0.279 e. The number of likely N-dealkylation sites (tertiary alicyclic amines) is 1. The number of aryl methyl sites for hydroxylation is 2. The van der Waals surface area contributed by atoms with Crippen LogP contribution in [0.4, 0.5) is 5.69 Å². The van der Waals surface area contributed by atoms with Gasteiger partial charge in [-0.15, -0.1) is 10.2 Å². The van der Waals surface area contributed by atoms with Crippen LogP contribution in [-0.2, 0) is 24.7 Å². The van der Waals surface area contributed by atoms with E-state index in [4.69, 9.17) is 0 Å². The van der Waals surface area contributed by atoms with Gasteiger partial charge in [-0.25, -0.2) is 0 Å². The Morgan fingerprint density at radius 1 is 1.26 bits per heavy atom. The number of nitrogens with one attached hydrogen (secondary N) is 2. The lowest BCUT2D eigenvalue weighted by Gasteiger charge is -2.28. The summed E-state index contributed by atoms with van der Waals surface area (Å²) < 4.78 is 2.11. The van der Waals surface area contributed by atoms with Gasteiger partial charge in [0.25, 0.3) is 5.91 Å². The lowest BCUT2D eigenvalue weighted by Crippen LogP contribution is -3.14. The number of anilines is 1. The van der Waals surface area contributed by atoms with Gasteiger partial charge in [-0.2, -0.15) is 0 Å². The third kappa shape index (κ3) is 4.04. The highest BCUT2D eigenvalue weighted by atomic mass is 32.2. The number of quaternary nitrogens is 1. The number of hydrogen-bond acceptors (Lipinski definition) is 4. The van der Waals surface area contributed by atoms with Crippen LogP contribution >= 0.6 is 11.8 Å². The number of carbonyl (C=O) groups excluding carboxylic acids is 1. The molecule has 0 spiro atoms. The van der Waals surface area contributed by atoms with E-state index >= 15 is 0 Å². The summed E-state index contributed by atoms with van der Waals surface area (Å²) in [7, 11) is 2.05. The Kier molecular flexibility index (Phi) is 5.50. The molecule has 1 aromatic heterocycles. The molecule has 1 aliphatic carbocycles. The Balaban J connectivity index is 1.28. The first kappa shape index (κ1) is 18.5. The van der Waals surface area contributed by atoms with Crippen molar-refractivity contribution in [2.45, 2.75) is 43.2 Å². The quantitative estimate of drug-likeness (QED) is 0.763. The molecular weight excluding hydrogens is 358 g/mol. The number of carbonyl (C=O) groups is 1. The van der Waals surface area contributed by atoms with Gasteiger partial charge in [0.15, 0.2) is 11.7 Å². The van der Waals surface area contributed by atoms with Crippen molar-refractivity contribution in [2.75, 3.05) is 31.2 Å². The molecule has 0 radical (unpaired) electrons. The van der Waals surface area contributed by atoms with Crippen LogP contribution in [0.5, 0.6) is 0 Å². The van der Waals surface area contributed by atoms with Crippen LogP contribution in [0.15, 0.2) is 23.4 Å². The Bertz CT molecular complexity index is 826. The molecule has 27 heavy (non-hydrogen) atoms. The molecule has 1 saturated heterocycles. The highest BCUT2D eigenvalue weighted by Gasteiger charge is 2.28. The fourth-order valence-corrected chi connectivity index (χ4v) is 4.89. The van der Waals surface area contributed by atoms with E-state index in [1.54, 1.807) is 11.8 Å². The zero-order chi connectivity index (χ0) is 18.8. The Hall–Kier alpha value is -1.86. The monoisotopic (exact) mass is 386 g/mol. The lowest BCUT2D eigenvalue weighted by atomic mass is 9.96. The summed E-state index contributed by atoms with van der Waals surface area (Å²) in [4.78, 5) is 13.8. The molecule has 1 fully saturated rings. The molecule has 6 nitrogen and oxygen atoms in total. The number of aromatic nitrogens is 3. The summed E-state index contributed by atoms with van der Waals surface area (Å²) in [6, 6.07) is 6.36. The minimum atomic E-state index is 0.115. The van der Waals surface area contributed by atoms with Gasteiger partial charge in [-0.05, 0) is 48.8 Å². The van der Waals surface area contributed by atoms with Crippen LogP contribution in [0.25, 0.3) is 0 Å². The maximum atomic E-state index is 12.5. The number of amides is 1. The van der Waals surface area contributed by atoms with Crippen LogP contribution < -0.4 is 10.2 Å². The van der Waals surface area contributed by atoms with E-state index in [0.29, 0.717) is 12.5 Å². The zero-order valence-corrected chi connectivity index (χ0v) is 16.9. The van der Waals surface area contributed by atoms with Crippen molar-refractivity contribution >= 4 is 23.4 Å². The summed E-state index contributed by atoms with van der Waals surface area (Å²) in [6.45, 7) is 2.55. The van der Waals surface area contributed by atoms with Crippen LogP contribution in [0, 0.1) is 0 Å². The van der Waals surface area contributed by atoms with Crippen molar-refractivity contribution in [3.05, 3.63) is 35.2 Å². The van der Waals surface area contributed by atoms with Crippen LogP contribution in [0.1, 0.15) is 42.1 Å². The van der Waals surface area contributed by atoms with Crippen molar-refractivity contribution in [2.24, 2.45) is 7.05 Å². The number of hydrogen-bond donors (Lipinski definition) is 2. The molecule has 2 N–H and O–H groups in total. The van der Waals surface area contributed by atoms with Crippen LogP contribution in [-0.4, -0.2) is 46.6 Å². The van der Waals surface area contributed by atoms with Crippen molar-refractivity contribution in [1.82, 2.24) is 14.8 Å². The predicted octanol–water partition coefficient (Wildman–Crippen LogP) is 1.43. The summed E-state index contributed by atoms with van der Waals surface area (Å²) in [5.41, 5.74) is 3.78. The number of fused-ring (bicyclic) bond motifs is 1. The Morgan fingerprint density at radius 2 is 2.04 bits per heavy atom. The van der Waals surface area contributed by atoms with Gasteiger partial charge in [-0.3, -0.25) is 4.79 Å². The Morgan fingerprint density at radius 3 is 2.78 bits per heavy atom. The predicted molar refractivity (Wildman–Crippen MR) is 107 cm³/mol. The van der Waals surface area contributed by atoms with Crippen molar-refractivity contribution in [3.63, 3.8) is 0 Å². The van der Waals surface area contributed by atoms with Gasteiger partial charge in [0.2, 0.25) is 0 Å². The van der Waals surface area contributed by atoms with E-state index in [0.717, 1.165) is 49.0 Å². The molecule has 0 bridgehead atoms. The van der Waals surface area contributed by atoms with Gasteiger partial charge in [-0.1, -0.05) is 17.8 Å². The van der Waals surface area contributed by atoms with Crippen molar-refractivity contribution in [1.29, 1.82) is 0 Å². The molecule has 1 aliphatic heterocycles. The molecule has 2 heterocycles. The van der Waals surface area contributed by atoms with E-state index in [-0.39, 0.29) is 5.91 Å². The lowest BCUT2D eigenvalue weighted by molar-refractivity contribution is -0.897. The highest BCUT2D eigenvalue weighted by molar-refractivity contribution is 7.98. The molecule has 2 aliphatic rings. The summed E-state index contributed by atoms with van der Waals surface area (Å²) in [5, 5.41) is 12.7. The number of benzene rings is 1.